The normalized spacial score (nSPS) is 27.1. The molecule has 1 aliphatic rings. The number of alkyl halides is 1. The number of H-pyrrole nitrogens is 1. The Morgan fingerprint density at radius 1 is 1.67 bits per heavy atom. The van der Waals surface area contributed by atoms with E-state index in [-0.39, 0.29) is 12.0 Å². The maximum absolute atomic E-state index is 13.4. The first-order chi connectivity index (χ1) is 8.56. The molecule has 2 N–H and O–H groups in total. The number of ether oxygens (including phenoxy) is 1. The Morgan fingerprint density at radius 3 is 2.94 bits per heavy atom. The molecule has 0 saturated carbocycles. The third-order valence-electron chi connectivity index (χ3n) is 2.74. The van der Waals surface area contributed by atoms with Crippen molar-refractivity contribution in [3.8, 4) is 6.07 Å². The minimum atomic E-state index is -1.40. The summed E-state index contributed by atoms with van der Waals surface area (Å²) < 4.78 is 19.5. The zero-order chi connectivity index (χ0) is 13.3. The molecule has 2 heterocycles. The molecule has 0 aromatic carbocycles. The molecule has 0 aliphatic carbocycles. The first-order valence-electron chi connectivity index (χ1n) is 5.22. The lowest BCUT2D eigenvalue weighted by Gasteiger charge is -2.13. The van der Waals surface area contributed by atoms with Gasteiger partial charge in [0.2, 0.25) is 0 Å². The SMILES string of the molecule is N#Cc1cn(C2CC(F)C(CO)O2)c(=O)[nH]c1=O. The molecule has 7 nitrogen and oxygen atoms in total. The van der Waals surface area contributed by atoms with Crippen molar-refractivity contribution in [2.24, 2.45) is 0 Å². The third kappa shape index (κ3) is 2.05. The number of aromatic nitrogens is 2. The highest BCUT2D eigenvalue weighted by molar-refractivity contribution is 5.21. The molecule has 96 valence electrons. The smallest absolute Gasteiger partial charge is 0.330 e. The Labute approximate surface area is 100 Å². The molecule has 1 saturated heterocycles. The molecule has 1 aliphatic heterocycles. The van der Waals surface area contributed by atoms with E-state index in [1.807, 2.05) is 4.98 Å². The van der Waals surface area contributed by atoms with Crippen LogP contribution in [0.2, 0.25) is 0 Å². The van der Waals surface area contributed by atoms with Crippen molar-refractivity contribution in [2.75, 3.05) is 6.61 Å². The summed E-state index contributed by atoms with van der Waals surface area (Å²) in [5.74, 6) is 0. The number of aliphatic hydroxyl groups excluding tert-OH is 1. The monoisotopic (exact) mass is 255 g/mol. The van der Waals surface area contributed by atoms with Gasteiger partial charge in [-0.3, -0.25) is 14.3 Å². The maximum Gasteiger partial charge on any atom is 0.330 e. The molecular weight excluding hydrogens is 245 g/mol. The summed E-state index contributed by atoms with van der Waals surface area (Å²) in [4.78, 5) is 24.7. The lowest BCUT2D eigenvalue weighted by atomic mass is 10.2. The second kappa shape index (κ2) is 4.72. The van der Waals surface area contributed by atoms with Gasteiger partial charge >= 0.3 is 5.69 Å². The minimum absolute atomic E-state index is 0.123. The van der Waals surface area contributed by atoms with Crippen LogP contribution in [0, 0.1) is 11.3 Å². The Kier molecular flexibility index (Phi) is 3.27. The molecule has 0 bridgehead atoms. The highest BCUT2D eigenvalue weighted by Crippen LogP contribution is 2.29. The summed E-state index contributed by atoms with van der Waals surface area (Å²) in [5, 5.41) is 17.5. The number of nitrogens with one attached hydrogen (secondary N) is 1. The van der Waals surface area contributed by atoms with Crippen LogP contribution >= 0.6 is 0 Å². The van der Waals surface area contributed by atoms with Crippen LogP contribution < -0.4 is 11.2 Å². The number of halogens is 1. The van der Waals surface area contributed by atoms with Crippen molar-refractivity contribution in [3.05, 3.63) is 32.6 Å². The summed E-state index contributed by atoms with van der Waals surface area (Å²) >= 11 is 0. The van der Waals surface area contributed by atoms with E-state index in [0.717, 1.165) is 10.8 Å². The molecule has 0 amide bonds. The first-order valence-corrected chi connectivity index (χ1v) is 5.22. The van der Waals surface area contributed by atoms with Gasteiger partial charge in [-0.1, -0.05) is 0 Å². The molecule has 3 atom stereocenters. The summed E-state index contributed by atoms with van der Waals surface area (Å²) in [6.07, 6.45) is -2.43. The first kappa shape index (κ1) is 12.5. The van der Waals surface area contributed by atoms with E-state index in [1.165, 1.54) is 0 Å². The van der Waals surface area contributed by atoms with Gasteiger partial charge in [-0.15, -0.1) is 0 Å². The van der Waals surface area contributed by atoms with E-state index >= 15 is 0 Å². The van der Waals surface area contributed by atoms with Gasteiger partial charge in [0.15, 0.2) is 0 Å². The van der Waals surface area contributed by atoms with E-state index in [9.17, 15) is 14.0 Å². The molecule has 0 spiro atoms. The molecule has 1 aromatic rings. The molecule has 3 unspecified atom stereocenters. The highest BCUT2D eigenvalue weighted by Gasteiger charge is 2.36. The van der Waals surface area contributed by atoms with Crippen molar-refractivity contribution < 1.29 is 14.2 Å². The van der Waals surface area contributed by atoms with Gasteiger partial charge in [-0.2, -0.15) is 5.26 Å². The molecule has 0 radical (unpaired) electrons. The molecule has 2 rings (SSSR count). The number of aromatic amines is 1. The van der Waals surface area contributed by atoms with E-state index in [4.69, 9.17) is 15.1 Å². The average Bonchev–Trinajstić information content (AvgIpc) is 2.70. The second-order valence-corrected chi connectivity index (χ2v) is 3.88. The van der Waals surface area contributed by atoms with Crippen molar-refractivity contribution >= 4 is 0 Å². The largest absolute Gasteiger partial charge is 0.394 e. The van der Waals surface area contributed by atoms with Crippen LogP contribution in [-0.4, -0.2) is 33.5 Å². The van der Waals surface area contributed by atoms with Gasteiger partial charge in [0.25, 0.3) is 5.56 Å². The maximum atomic E-state index is 13.4. The quantitative estimate of drug-likeness (QED) is 0.706. The van der Waals surface area contributed by atoms with Crippen LogP contribution in [0.15, 0.2) is 15.8 Å². The van der Waals surface area contributed by atoms with Crippen molar-refractivity contribution in [3.63, 3.8) is 0 Å². The van der Waals surface area contributed by atoms with Gasteiger partial charge in [0.1, 0.15) is 30.1 Å². The molecule has 1 aromatic heterocycles. The zero-order valence-electron chi connectivity index (χ0n) is 9.17. The van der Waals surface area contributed by atoms with Gasteiger partial charge in [-0.05, 0) is 0 Å². The van der Waals surface area contributed by atoms with Crippen molar-refractivity contribution in [1.82, 2.24) is 9.55 Å². The summed E-state index contributed by atoms with van der Waals surface area (Å²) in [5.41, 5.74) is -1.84. The van der Waals surface area contributed by atoms with Crippen LogP contribution in [0.1, 0.15) is 18.2 Å². The van der Waals surface area contributed by atoms with E-state index in [2.05, 4.69) is 0 Å². The van der Waals surface area contributed by atoms with Crippen LogP contribution in [0.3, 0.4) is 0 Å². The highest BCUT2D eigenvalue weighted by atomic mass is 19.1. The van der Waals surface area contributed by atoms with Crippen LogP contribution in [0.4, 0.5) is 4.39 Å². The van der Waals surface area contributed by atoms with Crippen LogP contribution in [0.5, 0.6) is 0 Å². The van der Waals surface area contributed by atoms with Crippen molar-refractivity contribution in [1.29, 1.82) is 5.26 Å². The van der Waals surface area contributed by atoms with Crippen LogP contribution in [0.25, 0.3) is 0 Å². The Balaban J connectivity index is 2.39. The molecule has 18 heavy (non-hydrogen) atoms. The Hall–Kier alpha value is -1.98. The van der Waals surface area contributed by atoms with Gasteiger partial charge < -0.3 is 9.84 Å². The zero-order valence-corrected chi connectivity index (χ0v) is 9.17. The summed E-state index contributed by atoms with van der Waals surface area (Å²) in [7, 11) is 0. The molecule has 8 heteroatoms. The van der Waals surface area contributed by atoms with Gasteiger partial charge in [0, 0.05) is 12.6 Å². The number of nitrogens with zero attached hydrogens (tertiary/aromatic N) is 2. The van der Waals surface area contributed by atoms with Crippen molar-refractivity contribution in [2.45, 2.75) is 24.9 Å². The minimum Gasteiger partial charge on any atom is -0.394 e. The fourth-order valence-electron chi connectivity index (χ4n) is 1.80. The predicted molar refractivity (Wildman–Crippen MR) is 56.5 cm³/mol. The summed E-state index contributed by atoms with van der Waals surface area (Å²) in [6.45, 7) is -0.499. The van der Waals surface area contributed by atoms with E-state index in [1.54, 1.807) is 6.07 Å². The van der Waals surface area contributed by atoms with E-state index < -0.39 is 36.4 Å². The molecular formula is C10H10FN3O4. The lowest BCUT2D eigenvalue weighted by Crippen LogP contribution is -2.33. The lowest BCUT2D eigenvalue weighted by molar-refractivity contribution is -0.0356. The molecule has 1 fully saturated rings. The topological polar surface area (TPSA) is 108 Å². The van der Waals surface area contributed by atoms with Gasteiger partial charge in [-0.25, -0.2) is 9.18 Å². The van der Waals surface area contributed by atoms with E-state index in [0.29, 0.717) is 0 Å². The Bertz CT molecular complexity index is 602. The number of hydrogen-bond donors (Lipinski definition) is 2. The third-order valence-corrected chi connectivity index (χ3v) is 2.74. The Morgan fingerprint density at radius 2 is 2.39 bits per heavy atom. The standard InChI is InChI=1S/C10H10FN3O4/c11-6-1-8(18-7(6)4-15)14-3-5(2-12)9(16)13-10(14)17/h3,6-8,15H,1,4H2,(H,13,16,17). The number of hydrogen-bond acceptors (Lipinski definition) is 5. The number of aliphatic hydroxyl groups is 1. The average molecular weight is 255 g/mol. The number of nitriles is 1. The number of rotatable bonds is 2. The fourth-order valence-corrected chi connectivity index (χ4v) is 1.80. The fraction of sp³-hybridized carbons (Fsp3) is 0.500. The predicted octanol–water partition coefficient (Wildman–Crippen LogP) is -0.974. The summed E-state index contributed by atoms with van der Waals surface area (Å²) in [6, 6.07) is 1.62. The second-order valence-electron chi connectivity index (χ2n) is 3.88. The van der Waals surface area contributed by atoms with Crippen LogP contribution in [-0.2, 0) is 4.74 Å². The van der Waals surface area contributed by atoms with Gasteiger partial charge in [0.05, 0.1) is 6.61 Å².